The second-order valence-electron chi connectivity index (χ2n) is 9.81. The first kappa shape index (κ1) is 24.8. The lowest BCUT2D eigenvalue weighted by Crippen LogP contribution is -2.11. The molecule has 0 bridgehead atoms. The summed E-state index contributed by atoms with van der Waals surface area (Å²) in [6.45, 7) is 0. The van der Waals surface area contributed by atoms with Gasteiger partial charge in [0.25, 0.3) is 0 Å². The van der Waals surface area contributed by atoms with Crippen molar-refractivity contribution in [1.29, 1.82) is 0 Å². The van der Waals surface area contributed by atoms with Crippen molar-refractivity contribution >= 4 is 65.6 Å². The number of hydrogen-bond acceptors (Lipinski definition) is 4. The van der Waals surface area contributed by atoms with Crippen LogP contribution in [0.3, 0.4) is 0 Å². The zero-order chi connectivity index (χ0) is 27.6. The maximum Gasteiger partial charge on any atom is 0.195 e. The molecule has 0 aliphatic carbocycles. The highest BCUT2D eigenvalue weighted by Gasteiger charge is 2.16. The highest BCUT2D eigenvalue weighted by molar-refractivity contribution is 7.24. The van der Waals surface area contributed by atoms with Gasteiger partial charge in [0.1, 0.15) is 0 Å². The Kier molecular flexibility index (Phi) is 6.51. The van der Waals surface area contributed by atoms with E-state index in [1.54, 1.807) is 11.3 Å². The van der Waals surface area contributed by atoms with Crippen molar-refractivity contribution in [2.24, 2.45) is 0 Å². The Hall–Kier alpha value is -5.19. The molecule has 0 N–H and O–H groups in total. The fourth-order valence-corrected chi connectivity index (χ4v) is 6.45. The van der Waals surface area contributed by atoms with Crippen LogP contribution in [0.4, 0.5) is 34.1 Å². The van der Waals surface area contributed by atoms with Crippen molar-refractivity contribution in [3.63, 3.8) is 0 Å². The fraction of sp³-hybridized carbons (Fsp3) is 0. The van der Waals surface area contributed by atoms with Crippen molar-refractivity contribution in [3.8, 4) is 0 Å². The van der Waals surface area contributed by atoms with Crippen LogP contribution in [0.1, 0.15) is 0 Å². The summed E-state index contributed by atoms with van der Waals surface area (Å²) in [7, 11) is 0. The monoisotopic (exact) mass is 546 g/mol. The van der Waals surface area contributed by atoms with E-state index in [0.29, 0.717) is 0 Å². The number of para-hydroxylation sites is 4. The lowest BCUT2D eigenvalue weighted by molar-refractivity contribution is 1.29. The van der Waals surface area contributed by atoms with Crippen LogP contribution in [0.25, 0.3) is 20.2 Å². The van der Waals surface area contributed by atoms with Crippen molar-refractivity contribution < 1.29 is 0 Å². The minimum absolute atomic E-state index is 0.0591. The summed E-state index contributed by atoms with van der Waals surface area (Å²) in [6, 6.07) is 53.6. The summed E-state index contributed by atoms with van der Waals surface area (Å²) in [5, 5.41) is 1.48. The Morgan fingerprint density at radius 2 is 0.683 bits per heavy atom. The predicted octanol–water partition coefficient (Wildman–Crippen LogP) is 10.4. The number of hydrogen-bond donors (Lipinski definition) is 0. The van der Waals surface area contributed by atoms with Gasteiger partial charge in [-0.2, -0.15) is 0 Å². The Balaban J connectivity index is 1.40. The predicted molar refractivity (Wildman–Crippen MR) is 175 cm³/mol. The van der Waals surface area contributed by atoms with Crippen LogP contribution < -0.4 is 15.2 Å². The average Bonchev–Trinajstić information content (AvgIpc) is 3.03. The van der Waals surface area contributed by atoms with Crippen molar-refractivity contribution in [3.05, 3.63) is 168 Å². The summed E-state index contributed by atoms with van der Waals surface area (Å²) >= 11 is 1.66. The molecule has 3 nitrogen and oxygen atoms in total. The topological polar surface area (TPSA) is 23.6 Å². The molecule has 0 aliphatic heterocycles. The van der Waals surface area contributed by atoms with Gasteiger partial charge in [0, 0.05) is 54.3 Å². The van der Waals surface area contributed by atoms with E-state index in [9.17, 15) is 4.79 Å². The van der Waals surface area contributed by atoms with Crippen molar-refractivity contribution in [2.75, 3.05) is 9.80 Å². The second kappa shape index (κ2) is 10.8. The van der Waals surface area contributed by atoms with Gasteiger partial charge in [-0.15, -0.1) is 11.3 Å². The molecule has 0 fully saturated rings. The average molecular weight is 547 g/mol. The molecule has 1 heterocycles. The normalized spacial score (nSPS) is 11.0. The zero-order valence-corrected chi connectivity index (χ0v) is 23.0. The molecule has 196 valence electrons. The molecule has 6 aromatic carbocycles. The molecule has 0 saturated carbocycles. The summed E-state index contributed by atoms with van der Waals surface area (Å²) < 4.78 is 1.92. The molecule has 0 radical (unpaired) electrons. The van der Waals surface area contributed by atoms with Gasteiger partial charge in [-0.3, -0.25) is 4.79 Å². The molecule has 41 heavy (non-hydrogen) atoms. The molecule has 0 atom stereocenters. The fourth-order valence-electron chi connectivity index (χ4n) is 5.31. The van der Waals surface area contributed by atoms with Crippen LogP contribution in [-0.4, -0.2) is 0 Å². The van der Waals surface area contributed by atoms with Gasteiger partial charge >= 0.3 is 0 Å². The first-order valence-electron chi connectivity index (χ1n) is 13.6. The Morgan fingerprint density at radius 3 is 1.00 bits per heavy atom. The Morgan fingerprint density at radius 1 is 0.366 bits per heavy atom. The first-order valence-corrected chi connectivity index (χ1v) is 14.4. The molecule has 0 aliphatic rings. The molecule has 1 aromatic heterocycles. The Labute approximate surface area is 242 Å². The quantitative estimate of drug-likeness (QED) is 0.194. The van der Waals surface area contributed by atoms with E-state index < -0.39 is 0 Å². The van der Waals surface area contributed by atoms with Gasteiger partial charge in [-0.05, 0) is 84.9 Å². The number of fused-ring (bicyclic) bond motifs is 2. The van der Waals surface area contributed by atoms with Gasteiger partial charge in [-0.1, -0.05) is 72.8 Å². The summed E-state index contributed by atoms with van der Waals surface area (Å²) in [4.78, 5) is 18.2. The number of anilines is 6. The molecule has 0 saturated heterocycles. The third-order valence-corrected chi connectivity index (χ3v) is 8.33. The number of rotatable bonds is 6. The van der Waals surface area contributed by atoms with Gasteiger partial charge in [0.2, 0.25) is 0 Å². The van der Waals surface area contributed by atoms with Crippen molar-refractivity contribution in [2.45, 2.75) is 0 Å². The third kappa shape index (κ3) is 4.75. The largest absolute Gasteiger partial charge is 0.310 e. The maximum atomic E-state index is 13.7. The van der Waals surface area contributed by atoms with Gasteiger partial charge in [0.05, 0.1) is 0 Å². The van der Waals surface area contributed by atoms with Gasteiger partial charge < -0.3 is 9.80 Å². The molecular weight excluding hydrogens is 520 g/mol. The maximum absolute atomic E-state index is 13.7. The van der Waals surface area contributed by atoms with Gasteiger partial charge in [-0.25, -0.2) is 0 Å². The van der Waals surface area contributed by atoms with E-state index >= 15 is 0 Å². The van der Waals surface area contributed by atoms with E-state index in [2.05, 4.69) is 70.5 Å². The van der Waals surface area contributed by atoms with E-state index in [0.717, 1.165) is 54.3 Å². The molecule has 0 amide bonds. The van der Waals surface area contributed by atoms with Crippen LogP contribution in [0.2, 0.25) is 0 Å². The lowest BCUT2D eigenvalue weighted by atomic mass is 10.1. The van der Waals surface area contributed by atoms with E-state index in [4.69, 9.17) is 0 Å². The third-order valence-electron chi connectivity index (χ3n) is 7.21. The van der Waals surface area contributed by atoms with Crippen LogP contribution in [0.15, 0.2) is 163 Å². The molecule has 4 heteroatoms. The molecule has 0 spiro atoms. The van der Waals surface area contributed by atoms with Crippen LogP contribution >= 0.6 is 11.3 Å². The highest BCUT2D eigenvalue weighted by Crippen LogP contribution is 2.39. The molecule has 0 unspecified atom stereocenters. The van der Waals surface area contributed by atoms with Crippen molar-refractivity contribution in [1.82, 2.24) is 0 Å². The van der Waals surface area contributed by atoms with E-state index in [1.165, 1.54) is 0 Å². The minimum Gasteiger partial charge on any atom is -0.310 e. The van der Waals surface area contributed by atoms with E-state index in [1.807, 2.05) is 97.1 Å². The van der Waals surface area contributed by atoms with Crippen LogP contribution in [-0.2, 0) is 0 Å². The van der Waals surface area contributed by atoms with E-state index in [-0.39, 0.29) is 5.43 Å². The molecule has 7 rings (SSSR count). The molecule has 7 aromatic rings. The van der Waals surface area contributed by atoms with Gasteiger partial charge in [0.15, 0.2) is 5.43 Å². The van der Waals surface area contributed by atoms with Crippen LogP contribution in [0, 0.1) is 0 Å². The first-order chi connectivity index (χ1) is 20.3. The summed E-state index contributed by atoms with van der Waals surface area (Å²) in [5.41, 5.74) is 6.34. The standard InChI is InChI=1S/C37H26N2OS/c40-37-33-23-21-31(38(27-13-5-1-6-14-27)28-15-7-2-8-16-28)25-35(33)41-36-26-32(22-24-34(36)37)39(29-17-9-3-10-18-29)30-19-11-4-12-20-30/h1-26H. The minimum atomic E-state index is 0.0591. The summed E-state index contributed by atoms with van der Waals surface area (Å²) in [5.74, 6) is 0. The number of benzene rings is 6. The lowest BCUT2D eigenvalue weighted by Gasteiger charge is -2.26. The molecular formula is C37H26N2OS. The number of nitrogens with zero attached hydrogens (tertiary/aromatic N) is 2. The highest BCUT2D eigenvalue weighted by atomic mass is 32.1. The zero-order valence-electron chi connectivity index (χ0n) is 22.2. The summed E-state index contributed by atoms with van der Waals surface area (Å²) in [6.07, 6.45) is 0. The smallest absolute Gasteiger partial charge is 0.195 e. The SMILES string of the molecule is O=c1c2ccc(N(c3ccccc3)c3ccccc3)cc2sc2cc(N(c3ccccc3)c3ccccc3)ccc12. The Bertz CT molecular complexity index is 1780. The van der Waals surface area contributed by atoms with Crippen LogP contribution in [0.5, 0.6) is 0 Å². The second-order valence-corrected chi connectivity index (χ2v) is 10.9.